The number of halogens is 3. The lowest BCUT2D eigenvalue weighted by Crippen LogP contribution is -2.64. The minimum atomic E-state index is -2.89. The summed E-state index contributed by atoms with van der Waals surface area (Å²) in [5.74, 6) is -7.02. The standard InChI is InChI=1S/C22H19ClF2N6O3/c23-15-4-2-1-3-14(15)17(18(33)29-13-9-21(24,25)10-13)22(19(27)34)7-5-16(32)31(22)20-28-8-6-12(11-26)30-20/h1-4,6,8,13,17H,5,7,9-10H2,(H2,27,34)(H,29,33)/t17-,22?/m1/s1. The maximum atomic E-state index is 13.6. The van der Waals surface area contributed by atoms with Crippen molar-refractivity contribution in [1.82, 2.24) is 15.3 Å². The van der Waals surface area contributed by atoms with E-state index in [9.17, 15) is 28.4 Å². The lowest BCUT2D eigenvalue weighted by molar-refractivity contribution is -0.136. The molecule has 3 amide bonds. The van der Waals surface area contributed by atoms with Crippen LogP contribution >= 0.6 is 11.6 Å². The van der Waals surface area contributed by atoms with Gasteiger partial charge in [-0.1, -0.05) is 29.8 Å². The van der Waals surface area contributed by atoms with Crippen molar-refractivity contribution in [3.05, 3.63) is 52.8 Å². The van der Waals surface area contributed by atoms with Crippen molar-refractivity contribution in [2.45, 2.75) is 49.1 Å². The highest BCUT2D eigenvalue weighted by Gasteiger charge is 2.60. The van der Waals surface area contributed by atoms with E-state index < -0.39 is 54.0 Å². The maximum absolute atomic E-state index is 13.6. The van der Waals surface area contributed by atoms with Crippen molar-refractivity contribution < 1.29 is 23.2 Å². The highest BCUT2D eigenvalue weighted by Crippen LogP contribution is 2.46. The van der Waals surface area contributed by atoms with Crippen LogP contribution in [0.4, 0.5) is 14.7 Å². The first kappa shape index (κ1) is 23.5. The van der Waals surface area contributed by atoms with Gasteiger partial charge in [0, 0.05) is 36.5 Å². The molecular formula is C22H19ClF2N6O3. The van der Waals surface area contributed by atoms with Crippen LogP contribution in [-0.2, 0) is 14.4 Å². The van der Waals surface area contributed by atoms with Crippen LogP contribution in [0.2, 0.25) is 5.02 Å². The molecule has 2 atom stereocenters. The first-order valence-corrected chi connectivity index (χ1v) is 10.8. The fraction of sp³-hybridized carbons (Fsp3) is 0.364. The Bertz CT molecular complexity index is 1210. The summed E-state index contributed by atoms with van der Waals surface area (Å²) in [6.45, 7) is 0. The summed E-state index contributed by atoms with van der Waals surface area (Å²) in [7, 11) is 0. The number of aromatic nitrogens is 2. The Labute approximate surface area is 197 Å². The number of anilines is 1. The van der Waals surface area contributed by atoms with Gasteiger partial charge in [0.2, 0.25) is 23.7 Å². The van der Waals surface area contributed by atoms with Gasteiger partial charge in [-0.25, -0.2) is 18.7 Å². The number of carbonyl (C=O) groups is 3. The Morgan fingerprint density at radius 2 is 2.00 bits per heavy atom. The van der Waals surface area contributed by atoms with Crippen molar-refractivity contribution in [2.24, 2.45) is 5.73 Å². The predicted octanol–water partition coefficient (Wildman–Crippen LogP) is 2.05. The molecule has 1 aromatic carbocycles. The third-order valence-electron chi connectivity index (χ3n) is 6.14. The Balaban J connectivity index is 1.86. The minimum absolute atomic E-state index is 0.0708. The summed E-state index contributed by atoms with van der Waals surface area (Å²) < 4.78 is 26.8. The van der Waals surface area contributed by atoms with E-state index >= 15 is 0 Å². The van der Waals surface area contributed by atoms with E-state index in [1.165, 1.54) is 24.4 Å². The fourth-order valence-corrected chi connectivity index (χ4v) is 4.82. The highest BCUT2D eigenvalue weighted by molar-refractivity contribution is 6.31. The molecule has 1 aliphatic heterocycles. The third kappa shape index (κ3) is 3.94. The molecule has 1 aromatic heterocycles. The number of hydrogen-bond acceptors (Lipinski definition) is 6. The van der Waals surface area contributed by atoms with E-state index in [2.05, 4.69) is 15.3 Å². The SMILES string of the molecule is N#Cc1ccnc(N2C(=O)CCC2(C(N)=O)[C@@H](C(=O)NC2CC(F)(F)C2)c2ccccc2Cl)n1. The van der Waals surface area contributed by atoms with Gasteiger partial charge in [-0.05, 0) is 24.1 Å². The van der Waals surface area contributed by atoms with Gasteiger partial charge in [-0.15, -0.1) is 0 Å². The van der Waals surface area contributed by atoms with Crippen LogP contribution in [0.15, 0.2) is 36.5 Å². The van der Waals surface area contributed by atoms with E-state index in [4.69, 9.17) is 17.3 Å². The van der Waals surface area contributed by atoms with Crippen LogP contribution in [0, 0.1) is 11.3 Å². The van der Waals surface area contributed by atoms with Gasteiger partial charge < -0.3 is 11.1 Å². The molecule has 3 N–H and O–H groups in total. The Hall–Kier alpha value is -3.65. The molecule has 34 heavy (non-hydrogen) atoms. The third-order valence-corrected chi connectivity index (χ3v) is 6.49. The molecule has 4 rings (SSSR count). The average Bonchev–Trinajstić information content (AvgIpc) is 3.12. The first-order valence-electron chi connectivity index (χ1n) is 10.4. The van der Waals surface area contributed by atoms with E-state index in [1.807, 2.05) is 6.07 Å². The molecule has 1 saturated carbocycles. The lowest BCUT2D eigenvalue weighted by Gasteiger charge is -2.42. The van der Waals surface area contributed by atoms with E-state index in [0.29, 0.717) is 0 Å². The summed E-state index contributed by atoms with van der Waals surface area (Å²) >= 11 is 6.39. The molecule has 2 aliphatic rings. The number of rotatable bonds is 6. The zero-order valence-electron chi connectivity index (χ0n) is 17.7. The summed E-state index contributed by atoms with van der Waals surface area (Å²) in [6, 6.07) is 8.51. The van der Waals surface area contributed by atoms with Crippen molar-refractivity contribution in [3.63, 3.8) is 0 Å². The molecule has 0 spiro atoms. The zero-order valence-corrected chi connectivity index (χ0v) is 18.4. The van der Waals surface area contributed by atoms with Crippen molar-refractivity contribution in [1.29, 1.82) is 5.26 Å². The van der Waals surface area contributed by atoms with Gasteiger partial charge >= 0.3 is 0 Å². The normalized spacial score (nSPS) is 22.5. The summed E-state index contributed by atoms with van der Waals surface area (Å²) in [4.78, 5) is 48.6. The molecule has 1 saturated heterocycles. The second-order valence-electron chi connectivity index (χ2n) is 8.30. The quantitative estimate of drug-likeness (QED) is 0.637. The lowest BCUT2D eigenvalue weighted by atomic mass is 9.75. The molecule has 1 unspecified atom stereocenters. The number of amides is 3. The predicted molar refractivity (Wildman–Crippen MR) is 116 cm³/mol. The molecule has 2 heterocycles. The van der Waals surface area contributed by atoms with Gasteiger partial charge in [0.15, 0.2) is 0 Å². The molecule has 0 bridgehead atoms. The topological polar surface area (TPSA) is 142 Å². The number of hydrogen-bond donors (Lipinski definition) is 2. The highest BCUT2D eigenvalue weighted by atomic mass is 35.5. The Kier molecular flexibility index (Phi) is 5.95. The Morgan fingerprint density at radius 3 is 2.62 bits per heavy atom. The molecule has 176 valence electrons. The monoisotopic (exact) mass is 488 g/mol. The maximum Gasteiger partial charge on any atom is 0.252 e. The number of carbonyl (C=O) groups excluding carboxylic acids is 3. The summed E-state index contributed by atoms with van der Waals surface area (Å²) in [5.41, 5.74) is 3.96. The number of benzene rings is 1. The van der Waals surface area contributed by atoms with Gasteiger partial charge in [0.25, 0.3) is 5.92 Å². The molecule has 0 radical (unpaired) electrons. The number of nitrogens with two attached hydrogens (primary N) is 1. The largest absolute Gasteiger partial charge is 0.368 e. The number of primary amides is 1. The Morgan fingerprint density at radius 1 is 1.29 bits per heavy atom. The molecule has 2 aromatic rings. The van der Waals surface area contributed by atoms with Crippen LogP contribution in [0.1, 0.15) is 42.9 Å². The zero-order chi connectivity index (χ0) is 24.7. The molecule has 1 aliphatic carbocycles. The first-order chi connectivity index (χ1) is 16.1. The second kappa shape index (κ2) is 8.61. The number of nitrogens with zero attached hydrogens (tertiary/aromatic N) is 4. The molecular weight excluding hydrogens is 470 g/mol. The number of alkyl halides is 2. The van der Waals surface area contributed by atoms with Crippen LogP contribution < -0.4 is 16.0 Å². The average molecular weight is 489 g/mol. The second-order valence-corrected chi connectivity index (χ2v) is 8.70. The van der Waals surface area contributed by atoms with Crippen molar-refractivity contribution >= 4 is 35.3 Å². The van der Waals surface area contributed by atoms with Crippen molar-refractivity contribution in [3.8, 4) is 6.07 Å². The number of nitriles is 1. The molecule has 12 heteroatoms. The van der Waals surface area contributed by atoms with Crippen LogP contribution in [-0.4, -0.2) is 45.2 Å². The summed E-state index contributed by atoms with van der Waals surface area (Å²) in [6.07, 6.45) is -0.204. The number of nitrogens with one attached hydrogen (secondary N) is 1. The van der Waals surface area contributed by atoms with Crippen molar-refractivity contribution in [2.75, 3.05) is 4.90 Å². The fourth-order valence-electron chi connectivity index (χ4n) is 4.57. The minimum Gasteiger partial charge on any atom is -0.368 e. The van der Waals surface area contributed by atoms with Gasteiger partial charge in [0.1, 0.15) is 17.3 Å². The molecule has 2 fully saturated rings. The van der Waals surface area contributed by atoms with Gasteiger partial charge in [0.05, 0.1) is 5.92 Å². The van der Waals surface area contributed by atoms with Gasteiger partial charge in [-0.2, -0.15) is 5.26 Å². The molecule has 9 nitrogen and oxygen atoms in total. The van der Waals surface area contributed by atoms with E-state index in [-0.39, 0.29) is 35.1 Å². The van der Waals surface area contributed by atoms with E-state index in [1.54, 1.807) is 12.1 Å². The van der Waals surface area contributed by atoms with Crippen LogP contribution in [0.25, 0.3) is 0 Å². The summed E-state index contributed by atoms with van der Waals surface area (Å²) in [5, 5.41) is 11.9. The van der Waals surface area contributed by atoms with Crippen LogP contribution in [0.3, 0.4) is 0 Å². The van der Waals surface area contributed by atoms with Crippen LogP contribution in [0.5, 0.6) is 0 Å². The van der Waals surface area contributed by atoms with Gasteiger partial charge in [-0.3, -0.25) is 19.3 Å². The van der Waals surface area contributed by atoms with E-state index in [0.717, 1.165) is 4.90 Å². The smallest absolute Gasteiger partial charge is 0.252 e.